The van der Waals surface area contributed by atoms with Crippen LogP contribution in [0, 0.1) is 19.8 Å². The third kappa shape index (κ3) is 5.00. The maximum atomic E-state index is 12.8. The largest absolute Gasteiger partial charge is 0.393 e. The van der Waals surface area contributed by atoms with Crippen LogP contribution in [-0.4, -0.2) is 31.8 Å². The minimum Gasteiger partial charge on any atom is -0.393 e. The molecule has 0 unspecified atom stereocenters. The fourth-order valence-corrected chi connectivity index (χ4v) is 4.18. The van der Waals surface area contributed by atoms with E-state index in [0.29, 0.717) is 12.1 Å². The lowest BCUT2D eigenvalue weighted by Gasteiger charge is -2.12. The average Bonchev–Trinajstić information content (AvgIpc) is 3.44. The highest BCUT2D eigenvalue weighted by Gasteiger charge is 2.22. The van der Waals surface area contributed by atoms with E-state index in [9.17, 15) is 9.90 Å². The van der Waals surface area contributed by atoms with E-state index in [4.69, 9.17) is 0 Å². The number of ketones is 1. The zero-order valence-electron chi connectivity index (χ0n) is 18.2. The van der Waals surface area contributed by atoms with Gasteiger partial charge in [-0.2, -0.15) is 5.10 Å². The van der Waals surface area contributed by atoms with Gasteiger partial charge in [0, 0.05) is 30.4 Å². The van der Waals surface area contributed by atoms with Gasteiger partial charge in [-0.3, -0.25) is 4.79 Å². The van der Waals surface area contributed by atoms with Gasteiger partial charge in [-0.1, -0.05) is 30.7 Å². The zero-order chi connectivity index (χ0) is 21.8. The minimum atomic E-state index is -0.266. The van der Waals surface area contributed by atoms with E-state index in [-0.39, 0.29) is 17.8 Å². The topological polar surface area (TPSA) is 68.0 Å². The molecule has 1 N–H and O–H groups in total. The van der Waals surface area contributed by atoms with E-state index in [1.54, 1.807) is 6.20 Å². The van der Waals surface area contributed by atoms with E-state index in [1.807, 2.05) is 42.1 Å². The number of nitrogens with zero attached hydrogens (tertiary/aromatic N) is 3. The van der Waals surface area contributed by atoms with Gasteiger partial charge in [0.15, 0.2) is 5.78 Å². The highest BCUT2D eigenvalue weighted by atomic mass is 16.3. The highest BCUT2D eigenvalue weighted by molar-refractivity contribution is 5.95. The third-order valence-corrected chi connectivity index (χ3v) is 6.23. The molecule has 2 atom stereocenters. The van der Waals surface area contributed by atoms with Crippen LogP contribution in [0.2, 0.25) is 0 Å². The molecule has 4 rings (SSSR count). The molecular weight excluding hydrogens is 386 g/mol. The van der Waals surface area contributed by atoms with Crippen LogP contribution >= 0.6 is 0 Å². The molecule has 1 aliphatic rings. The van der Waals surface area contributed by atoms with Crippen LogP contribution in [0.15, 0.2) is 60.9 Å². The second kappa shape index (κ2) is 9.40. The van der Waals surface area contributed by atoms with Crippen molar-refractivity contribution in [3.05, 3.63) is 89.0 Å². The standard InChI is InChI=1S/C26H29N3O2/c1-18-19(2)28-24(26(31)9-4-7-21-6-3-8-25(21)30)17-22(18)16-20-10-12-23(13-11-20)29-15-5-14-27-29/h4-5,7,10-15,17,21,25,30H,3,6,8-9,16H2,1-2H3/b7-4+/t21-,25+/m1/s1. The Labute approximate surface area is 183 Å². The summed E-state index contributed by atoms with van der Waals surface area (Å²) in [6.07, 6.45) is 11.3. The Kier molecular flexibility index (Phi) is 6.42. The Bertz CT molecular complexity index is 1070. The summed E-state index contributed by atoms with van der Waals surface area (Å²) >= 11 is 0. The molecule has 0 saturated heterocycles. The van der Waals surface area contributed by atoms with Gasteiger partial charge in [-0.15, -0.1) is 0 Å². The molecule has 1 fully saturated rings. The summed E-state index contributed by atoms with van der Waals surface area (Å²) in [5.41, 5.74) is 5.85. The van der Waals surface area contributed by atoms with Crippen LogP contribution in [0.1, 0.15) is 58.6 Å². The summed E-state index contributed by atoms with van der Waals surface area (Å²) in [7, 11) is 0. The Morgan fingerprint density at radius 3 is 2.71 bits per heavy atom. The van der Waals surface area contributed by atoms with Crippen LogP contribution < -0.4 is 0 Å². The van der Waals surface area contributed by atoms with E-state index in [1.165, 1.54) is 5.56 Å². The Morgan fingerprint density at radius 2 is 2.03 bits per heavy atom. The van der Waals surface area contributed by atoms with E-state index >= 15 is 0 Å². The molecule has 0 bridgehead atoms. The van der Waals surface area contributed by atoms with Crippen molar-refractivity contribution >= 4 is 5.78 Å². The predicted octanol–water partition coefficient (Wildman–Crippen LogP) is 4.76. The molecule has 5 heteroatoms. The van der Waals surface area contributed by atoms with Gasteiger partial charge in [0.05, 0.1) is 11.8 Å². The highest BCUT2D eigenvalue weighted by Crippen LogP contribution is 2.26. The number of allylic oxidation sites excluding steroid dienone is 1. The molecule has 1 saturated carbocycles. The molecule has 0 spiro atoms. The van der Waals surface area contributed by atoms with Crippen LogP contribution in [0.25, 0.3) is 5.69 Å². The molecule has 31 heavy (non-hydrogen) atoms. The molecule has 160 valence electrons. The summed E-state index contributed by atoms with van der Waals surface area (Å²) in [5, 5.41) is 14.2. The summed E-state index contributed by atoms with van der Waals surface area (Å²) in [5.74, 6) is 0.197. The van der Waals surface area contributed by atoms with Crippen molar-refractivity contribution in [2.45, 2.75) is 52.1 Å². The summed E-state index contributed by atoms with van der Waals surface area (Å²) in [4.78, 5) is 17.3. The first-order valence-corrected chi connectivity index (χ1v) is 11.0. The summed E-state index contributed by atoms with van der Waals surface area (Å²) in [6, 6.07) is 12.2. The molecule has 2 heterocycles. The number of aromatic nitrogens is 3. The van der Waals surface area contributed by atoms with Gasteiger partial charge < -0.3 is 5.11 Å². The molecule has 0 aliphatic heterocycles. The number of carbonyl (C=O) groups is 1. The van der Waals surface area contributed by atoms with Gasteiger partial charge in [0.25, 0.3) is 0 Å². The number of carbonyl (C=O) groups excluding carboxylic acids is 1. The van der Waals surface area contributed by atoms with E-state index in [2.05, 4.69) is 41.3 Å². The summed E-state index contributed by atoms with van der Waals surface area (Å²) < 4.78 is 1.83. The van der Waals surface area contributed by atoms with E-state index in [0.717, 1.165) is 48.2 Å². The number of pyridine rings is 1. The molecule has 0 amide bonds. The zero-order valence-corrected chi connectivity index (χ0v) is 18.2. The number of aliphatic hydroxyl groups excluding tert-OH is 1. The second-order valence-electron chi connectivity index (χ2n) is 8.39. The van der Waals surface area contributed by atoms with Crippen molar-refractivity contribution in [1.82, 2.24) is 14.8 Å². The predicted molar refractivity (Wildman–Crippen MR) is 122 cm³/mol. The maximum Gasteiger partial charge on any atom is 0.184 e. The smallest absolute Gasteiger partial charge is 0.184 e. The van der Waals surface area contributed by atoms with Crippen LogP contribution in [-0.2, 0) is 6.42 Å². The SMILES string of the molecule is Cc1nc(C(=O)C/C=C/[C@H]2CCC[C@@H]2O)cc(Cc2ccc(-n3cccn3)cc2)c1C. The first-order chi connectivity index (χ1) is 15.0. The lowest BCUT2D eigenvalue weighted by atomic mass is 9.97. The van der Waals surface area contributed by atoms with Gasteiger partial charge in [-0.25, -0.2) is 9.67 Å². The van der Waals surface area contributed by atoms with Crippen molar-refractivity contribution in [2.24, 2.45) is 5.92 Å². The van der Waals surface area contributed by atoms with Gasteiger partial charge >= 0.3 is 0 Å². The molecular formula is C26H29N3O2. The van der Waals surface area contributed by atoms with Crippen molar-refractivity contribution in [3.8, 4) is 5.69 Å². The number of hydrogen-bond donors (Lipinski definition) is 1. The maximum absolute atomic E-state index is 12.8. The number of aliphatic hydroxyl groups is 1. The van der Waals surface area contributed by atoms with Crippen molar-refractivity contribution in [3.63, 3.8) is 0 Å². The molecule has 1 aromatic carbocycles. The van der Waals surface area contributed by atoms with Crippen molar-refractivity contribution in [1.29, 1.82) is 0 Å². The monoisotopic (exact) mass is 415 g/mol. The molecule has 3 aromatic rings. The number of rotatable bonds is 7. The Morgan fingerprint density at radius 1 is 1.23 bits per heavy atom. The molecule has 2 aromatic heterocycles. The van der Waals surface area contributed by atoms with Crippen LogP contribution in [0.5, 0.6) is 0 Å². The first-order valence-electron chi connectivity index (χ1n) is 11.0. The van der Waals surface area contributed by atoms with Crippen molar-refractivity contribution in [2.75, 3.05) is 0 Å². The molecule has 0 radical (unpaired) electrons. The Hall–Kier alpha value is -3.05. The van der Waals surface area contributed by atoms with Crippen LogP contribution in [0.4, 0.5) is 0 Å². The normalized spacial score (nSPS) is 18.7. The second-order valence-corrected chi connectivity index (χ2v) is 8.39. The molecule has 5 nitrogen and oxygen atoms in total. The third-order valence-electron chi connectivity index (χ3n) is 6.23. The number of benzene rings is 1. The summed E-state index contributed by atoms with van der Waals surface area (Å²) in [6.45, 7) is 4.02. The fourth-order valence-electron chi connectivity index (χ4n) is 4.18. The lowest BCUT2D eigenvalue weighted by Crippen LogP contribution is -2.10. The minimum absolute atomic E-state index is 0.0158. The molecule has 1 aliphatic carbocycles. The number of hydrogen-bond acceptors (Lipinski definition) is 4. The van der Waals surface area contributed by atoms with Gasteiger partial charge in [-0.05, 0) is 74.1 Å². The van der Waals surface area contributed by atoms with Crippen LogP contribution in [0.3, 0.4) is 0 Å². The number of aryl methyl sites for hydroxylation is 1. The van der Waals surface area contributed by atoms with E-state index < -0.39 is 0 Å². The van der Waals surface area contributed by atoms with Gasteiger partial charge in [0.1, 0.15) is 5.69 Å². The fraction of sp³-hybridized carbons (Fsp3) is 0.346. The van der Waals surface area contributed by atoms with Crippen molar-refractivity contribution < 1.29 is 9.90 Å². The Balaban J connectivity index is 1.47. The van der Waals surface area contributed by atoms with Gasteiger partial charge in [0.2, 0.25) is 0 Å². The average molecular weight is 416 g/mol. The number of Topliss-reactive ketones (excluding diaryl/α,β-unsaturated/α-hetero) is 1. The first kappa shape index (κ1) is 21.2. The quantitative estimate of drug-likeness (QED) is 0.446. The lowest BCUT2D eigenvalue weighted by molar-refractivity contribution is 0.0990.